The van der Waals surface area contributed by atoms with Gasteiger partial charge in [0.2, 0.25) is 0 Å². The normalized spacial score (nSPS) is 33.5. The van der Waals surface area contributed by atoms with Crippen LogP contribution in [0.5, 0.6) is 0 Å². The quantitative estimate of drug-likeness (QED) is 0.843. The highest BCUT2D eigenvalue weighted by atomic mass is 19.1. The van der Waals surface area contributed by atoms with Crippen molar-refractivity contribution in [3.8, 4) is 0 Å². The lowest BCUT2D eigenvalue weighted by Gasteiger charge is -2.51. The zero-order valence-corrected chi connectivity index (χ0v) is 15.4. The molecule has 2 bridgehead atoms. The molecule has 138 valence electrons. The zero-order valence-electron chi connectivity index (χ0n) is 15.4. The SMILES string of the molecule is CCn1cc(CN2C[C@@H](c3ccc(F)cc3)[C@@H]3[C@H]2C2CCN3CC2)cn1. The number of nitrogens with zero attached hydrogens (tertiary/aromatic N) is 4. The second-order valence-electron chi connectivity index (χ2n) is 8.15. The molecule has 6 rings (SSSR count). The standard InChI is InChI=1S/C21H27FN4/c1-2-26-13-15(11-23-26)12-25-14-19(16-3-5-18(22)6-4-16)21-20(25)17-7-9-24(21)10-8-17/h3-6,11,13,17,19-21H,2,7-10,12,14H2,1H3/t19-,20+,21+/m0/s1. The summed E-state index contributed by atoms with van der Waals surface area (Å²) >= 11 is 0. The predicted octanol–water partition coefficient (Wildman–Crippen LogP) is 3.10. The summed E-state index contributed by atoms with van der Waals surface area (Å²) in [5.41, 5.74) is 2.60. The molecule has 2 aromatic rings. The van der Waals surface area contributed by atoms with E-state index in [0.29, 0.717) is 18.0 Å². The van der Waals surface area contributed by atoms with Crippen LogP contribution in [-0.2, 0) is 13.1 Å². The van der Waals surface area contributed by atoms with Gasteiger partial charge in [-0.05, 0) is 56.5 Å². The van der Waals surface area contributed by atoms with Crippen LogP contribution in [0.1, 0.15) is 36.8 Å². The van der Waals surface area contributed by atoms with Crippen molar-refractivity contribution in [2.24, 2.45) is 5.92 Å². The highest BCUT2D eigenvalue weighted by Crippen LogP contribution is 2.46. The van der Waals surface area contributed by atoms with Gasteiger partial charge in [-0.3, -0.25) is 14.5 Å². The van der Waals surface area contributed by atoms with E-state index in [4.69, 9.17) is 0 Å². The van der Waals surface area contributed by atoms with Gasteiger partial charge in [-0.15, -0.1) is 0 Å². The van der Waals surface area contributed by atoms with Crippen molar-refractivity contribution in [2.75, 3.05) is 19.6 Å². The first-order valence-electron chi connectivity index (χ1n) is 9.98. The average Bonchev–Trinajstić information content (AvgIpc) is 3.30. The van der Waals surface area contributed by atoms with Crippen LogP contribution in [0.4, 0.5) is 4.39 Å². The Morgan fingerprint density at radius 1 is 1.12 bits per heavy atom. The molecule has 1 aromatic carbocycles. The molecule has 0 saturated carbocycles. The topological polar surface area (TPSA) is 24.3 Å². The van der Waals surface area contributed by atoms with Crippen molar-refractivity contribution < 1.29 is 4.39 Å². The first-order valence-corrected chi connectivity index (χ1v) is 9.98. The van der Waals surface area contributed by atoms with Crippen LogP contribution in [0.25, 0.3) is 0 Å². The molecule has 0 amide bonds. The summed E-state index contributed by atoms with van der Waals surface area (Å²) in [6.07, 6.45) is 6.84. The number of hydrogen-bond acceptors (Lipinski definition) is 3. The van der Waals surface area contributed by atoms with Crippen LogP contribution in [0.2, 0.25) is 0 Å². The molecule has 0 radical (unpaired) electrons. The maximum atomic E-state index is 13.4. The van der Waals surface area contributed by atoms with E-state index in [9.17, 15) is 4.39 Å². The first kappa shape index (κ1) is 16.5. The summed E-state index contributed by atoms with van der Waals surface area (Å²) in [7, 11) is 0. The molecule has 4 aliphatic heterocycles. The van der Waals surface area contributed by atoms with Gasteiger partial charge in [0.05, 0.1) is 6.20 Å². The lowest BCUT2D eigenvalue weighted by molar-refractivity contribution is -0.00870. The Morgan fingerprint density at radius 2 is 1.88 bits per heavy atom. The van der Waals surface area contributed by atoms with Gasteiger partial charge in [0, 0.05) is 49.4 Å². The molecule has 4 aliphatic rings. The first-order chi connectivity index (χ1) is 12.7. The minimum absolute atomic E-state index is 0.141. The smallest absolute Gasteiger partial charge is 0.123 e. The molecular formula is C21H27FN4. The van der Waals surface area contributed by atoms with Gasteiger partial charge in [-0.1, -0.05) is 12.1 Å². The maximum absolute atomic E-state index is 13.4. The molecule has 0 unspecified atom stereocenters. The molecule has 26 heavy (non-hydrogen) atoms. The van der Waals surface area contributed by atoms with Crippen molar-refractivity contribution in [1.82, 2.24) is 19.6 Å². The van der Waals surface area contributed by atoms with Gasteiger partial charge in [0.15, 0.2) is 0 Å². The van der Waals surface area contributed by atoms with Crippen molar-refractivity contribution in [1.29, 1.82) is 0 Å². The minimum atomic E-state index is -0.141. The lowest BCUT2D eigenvalue weighted by atomic mass is 9.75. The van der Waals surface area contributed by atoms with E-state index in [0.717, 1.165) is 25.6 Å². The van der Waals surface area contributed by atoms with Crippen molar-refractivity contribution >= 4 is 0 Å². The van der Waals surface area contributed by atoms with Crippen LogP contribution in [0, 0.1) is 11.7 Å². The number of rotatable bonds is 4. The summed E-state index contributed by atoms with van der Waals surface area (Å²) in [6, 6.07) is 8.44. The van der Waals surface area contributed by atoms with Crippen LogP contribution in [-0.4, -0.2) is 51.3 Å². The monoisotopic (exact) mass is 354 g/mol. The van der Waals surface area contributed by atoms with Crippen LogP contribution < -0.4 is 0 Å². The predicted molar refractivity (Wildman–Crippen MR) is 99.3 cm³/mol. The van der Waals surface area contributed by atoms with E-state index in [1.54, 1.807) is 12.1 Å². The molecule has 5 heteroatoms. The lowest BCUT2D eigenvalue weighted by Crippen LogP contribution is -2.59. The molecule has 0 spiro atoms. The molecular weight excluding hydrogens is 327 g/mol. The van der Waals surface area contributed by atoms with Crippen molar-refractivity contribution in [3.63, 3.8) is 0 Å². The number of hydrogen-bond donors (Lipinski definition) is 0. The van der Waals surface area contributed by atoms with E-state index in [1.807, 2.05) is 23.0 Å². The highest BCUT2D eigenvalue weighted by Gasteiger charge is 2.53. The van der Waals surface area contributed by atoms with Gasteiger partial charge >= 0.3 is 0 Å². The fourth-order valence-electron chi connectivity index (χ4n) is 5.62. The molecule has 1 aromatic heterocycles. The number of piperidine rings is 3. The molecule has 4 saturated heterocycles. The Labute approximate surface area is 154 Å². The Balaban J connectivity index is 1.45. The third-order valence-electron chi connectivity index (χ3n) is 6.79. The fourth-order valence-corrected chi connectivity index (χ4v) is 5.62. The second kappa shape index (κ2) is 6.46. The Hall–Kier alpha value is -1.72. The molecule has 4 fully saturated rings. The van der Waals surface area contributed by atoms with E-state index in [-0.39, 0.29) is 5.82 Å². The number of fused-ring (bicyclic) bond motifs is 2. The van der Waals surface area contributed by atoms with E-state index < -0.39 is 0 Å². The number of benzene rings is 1. The third-order valence-corrected chi connectivity index (χ3v) is 6.79. The summed E-state index contributed by atoms with van der Waals surface area (Å²) in [5.74, 6) is 1.14. The van der Waals surface area contributed by atoms with Gasteiger partial charge in [-0.2, -0.15) is 5.10 Å². The van der Waals surface area contributed by atoms with Crippen molar-refractivity contribution in [3.05, 3.63) is 53.6 Å². The van der Waals surface area contributed by atoms with Gasteiger partial charge < -0.3 is 0 Å². The molecule has 5 heterocycles. The summed E-state index contributed by atoms with van der Waals surface area (Å²) < 4.78 is 15.4. The second-order valence-corrected chi connectivity index (χ2v) is 8.15. The summed E-state index contributed by atoms with van der Waals surface area (Å²) in [4.78, 5) is 5.39. The van der Waals surface area contributed by atoms with Crippen molar-refractivity contribution in [2.45, 2.75) is 50.9 Å². The van der Waals surface area contributed by atoms with Crippen LogP contribution in [0.15, 0.2) is 36.7 Å². The van der Waals surface area contributed by atoms with E-state index in [1.165, 1.54) is 37.1 Å². The number of aryl methyl sites for hydroxylation is 1. The molecule has 3 atom stereocenters. The van der Waals surface area contributed by atoms with Gasteiger partial charge in [-0.25, -0.2) is 4.39 Å². The number of halogens is 1. The fraction of sp³-hybridized carbons (Fsp3) is 0.571. The van der Waals surface area contributed by atoms with Gasteiger partial charge in [0.1, 0.15) is 5.82 Å². The molecule has 4 nitrogen and oxygen atoms in total. The Morgan fingerprint density at radius 3 is 2.58 bits per heavy atom. The largest absolute Gasteiger partial charge is 0.298 e. The van der Waals surface area contributed by atoms with E-state index >= 15 is 0 Å². The highest BCUT2D eigenvalue weighted by molar-refractivity contribution is 5.28. The van der Waals surface area contributed by atoms with Crippen LogP contribution >= 0.6 is 0 Å². The molecule has 0 aliphatic carbocycles. The number of aromatic nitrogens is 2. The summed E-state index contributed by atoms with van der Waals surface area (Å²) in [5, 5.41) is 4.45. The van der Waals surface area contributed by atoms with E-state index in [2.05, 4.69) is 28.0 Å². The maximum Gasteiger partial charge on any atom is 0.123 e. The average molecular weight is 354 g/mol. The van der Waals surface area contributed by atoms with Crippen LogP contribution in [0.3, 0.4) is 0 Å². The third kappa shape index (κ3) is 2.69. The minimum Gasteiger partial charge on any atom is -0.298 e. The number of likely N-dealkylation sites (tertiary alicyclic amines) is 1. The Kier molecular flexibility index (Phi) is 4.09. The van der Waals surface area contributed by atoms with Gasteiger partial charge in [0.25, 0.3) is 0 Å². The Bertz CT molecular complexity index is 763. The zero-order chi connectivity index (χ0) is 17.7. The summed E-state index contributed by atoms with van der Waals surface area (Å²) in [6.45, 7) is 7.53. The molecule has 0 N–H and O–H groups in total.